The van der Waals surface area contributed by atoms with Crippen LogP contribution < -0.4 is 10.1 Å². The van der Waals surface area contributed by atoms with Crippen LogP contribution in [-0.2, 0) is 17.9 Å². The van der Waals surface area contributed by atoms with E-state index in [0.717, 1.165) is 0 Å². The first-order chi connectivity index (χ1) is 15.5. The molecule has 4 rings (SSSR count). The van der Waals surface area contributed by atoms with E-state index in [4.69, 9.17) is 4.74 Å². The number of nitrogens with zero attached hydrogens (tertiary/aromatic N) is 1. The number of fused-ring (bicyclic) bond motifs is 1. The van der Waals surface area contributed by atoms with Gasteiger partial charge >= 0.3 is 0 Å². The number of anilines is 1. The summed E-state index contributed by atoms with van der Waals surface area (Å²) in [6.07, 6.45) is -0.237. The van der Waals surface area contributed by atoms with Crippen LogP contribution in [0.1, 0.15) is 34.8 Å². The molecule has 1 atom stereocenters. The average molecular weight is 436 g/mol. The molecule has 0 fully saturated rings. The van der Waals surface area contributed by atoms with Crippen molar-refractivity contribution in [1.82, 2.24) is 4.90 Å². The predicted molar refractivity (Wildman–Crippen MR) is 116 cm³/mol. The SMILES string of the molecule is CCC1Oc2ccc(NC(=O)c3ccccc3F)cc2CN(Cc2ccccc2F)C1=O. The smallest absolute Gasteiger partial charge is 0.264 e. The van der Waals surface area contributed by atoms with Gasteiger partial charge in [-0.1, -0.05) is 37.3 Å². The molecule has 0 radical (unpaired) electrons. The lowest BCUT2D eigenvalue weighted by Crippen LogP contribution is -2.39. The third kappa shape index (κ3) is 4.46. The Labute approximate surface area is 184 Å². The zero-order valence-electron chi connectivity index (χ0n) is 17.5. The maximum absolute atomic E-state index is 14.2. The van der Waals surface area contributed by atoms with E-state index in [1.54, 1.807) is 47.4 Å². The number of amides is 2. The number of benzene rings is 3. The van der Waals surface area contributed by atoms with Crippen LogP contribution in [-0.4, -0.2) is 22.8 Å². The van der Waals surface area contributed by atoms with Gasteiger partial charge in [0.2, 0.25) is 0 Å². The summed E-state index contributed by atoms with van der Waals surface area (Å²) in [5.74, 6) is -1.29. The highest BCUT2D eigenvalue weighted by Gasteiger charge is 2.30. The zero-order chi connectivity index (χ0) is 22.7. The quantitative estimate of drug-likeness (QED) is 0.618. The van der Waals surface area contributed by atoms with Crippen LogP contribution in [0.15, 0.2) is 66.7 Å². The lowest BCUT2D eigenvalue weighted by Gasteiger charge is -2.23. The highest BCUT2D eigenvalue weighted by molar-refractivity contribution is 6.04. The summed E-state index contributed by atoms with van der Waals surface area (Å²) in [4.78, 5) is 27.0. The van der Waals surface area contributed by atoms with E-state index in [0.29, 0.717) is 29.0 Å². The molecule has 3 aromatic carbocycles. The lowest BCUT2D eigenvalue weighted by atomic mass is 10.1. The van der Waals surface area contributed by atoms with Gasteiger partial charge in [0.1, 0.15) is 17.4 Å². The monoisotopic (exact) mass is 436 g/mol. The van der Waals surface area contributed by atoms with Gasteiger partial charge in [-0.3, -0.25) is 9.59 Å². The summed E-state index contributed by atoms with van der Waals surface area (Å²) in [6, 6.07) is 17.0. The Morgan fingerprint density at radius 3 is 2.50 bits per heavy atom. The van der Waals surface area contributed by atoms with Crippen LogP contribution in [0.2, 0.25) is 0 Å². The molecule has 1 aliphatic heterocycles. The summed E-state index contributed by atoms with van der Waals surface area (Å²) in [5.41, 5.74) is 1.44. The minimum Gasteiger partial charge on any atom is -0.480 e. The zero-order valence-corrected chi connectivity index (χ0v) is 17.5. The topological polar surface area (TPSA) is 58.6 Å². The second-order valence-electron chi connectivity index (χ2n) is 7.56. The number of hydrogen-bond donors (Lipinski definition) is 1. The minimum atomic E-state index is -0.693. The van der Waals surface area contributed by atoms with Gasteiger partial charge in [-0.25, -0.2) is 8.78 Å². The van der Waals surface area contributed by atoms with E-state index >= 15 is 0 Å². The molecule has 0 saturated carbocycles. The normalized spacial score (nSPS) is 15.5. The van der Waals surface area contributed by atoms with Crippen molar-refractivity contribution in [1.29, 1.82) is 0 Å². The van der Waals surface area contributed by atoms with Crippen LogP contribution in [0, 0.1) is 11.6 Å². The summed E-state index contributed by atoms with van der Waals surface area (Å²) < 4.78 is 34.1. The number of carbonyl (C=O) groups is 2. The molecule has 1 N–H and O–H groups in total. The van der Waals surface area contributed by atoms with Gasteiger partial charge < -0.3 is 15.0 Å². The predicted octanol–water partition coefficient (Wildman–Crippen LogP) is 4.92. The Kier molecular flexibility index (Phi) is 6.16. The highest BCUT2D eigenvalue weighted by Crippen LogP contribution is 2.30. The second-order valence-corrected chi connectivity index (χ2v) is 7.56. The molecule has 0 bridgehead atoms. The summed E-state index contributed by atoms with van der Waals surface area (Å²) in [7, 11) is 0. The number of hydrogen-bond acceptors (Lipinski definition) is 3. The maximum atomic E-state index is 14.2. The first-order valence-electron chi connectivity index (χ1n) is 10.3. The Morgan fingerprint density at radius 2 is 1.78 bits per heavy atom. The van der Waals surface area contributed by atoms with Gasteiger partial charge in [-0.15, -0.1) is 0 Å². The van der Waals surface area contributed by atoms with Crippen molar-refractivity contribution >= 4 is 17.5 Å². The molecule has 32 heavy (non-hydrogen) atoms. The van der Waals surface area contributed by atoms with Gasteiger partial charge in [0, 0.05) is 29.9 Å². The molecule has 2 amide bonds. The Hall–Kier alpha value is -3.74. The van der Waals surface area contributed by atoms with Crippen LogP contribution >= 0.6 is 0 Å². The van der Waals surface area contributed by atoms with Crippen molar-refractivity contribution in [2.75, 3.05) is 5.32 Å². The second kappa shape index (κ2) is 9.18. The van der Waals surface area contributed by atoms with E-state index in [1.165, 1.54) is 24.3 Å². The number of rotatable bonds is 5. The Balaban J connectivity index is 1.61. The molecular formula is C25H22F2N2O3. The maximum Gasteiger partial charge on any atom is 0.264 e. The number of carbonyl (C=O) groups excluding carboxylic acids is 2. The van der Waals surface area contributed by atoms with E-state index in [-0.39, 0.29) is 30.4 Å². The molecule has 164 valence electrons. The fourth-order valence-corrected chi connectivity index (χ4v) is 3.65. The van der Waals surface area contributed by atoms with E-state index in [9.17, 15) is 18.4 Å². The third-order valence-electron chi connectivity index (χ3n) is 5.34. The fourth-order valence-electron chi connectivity index (χ4n) is 3.65. The van der Waals surface area contributed by atoms with E-state index in [1.807, 2.05) is 6.92 Å². The molecular weight excluding hydrogens is 414 g/mol. The van der Waals surface area contributed by atoms with Gasteiger partial charge in [-0.2, -0.15) is 0 Å². The summed E-state index contributed by atoms with van der Waals surface area (Å²) in [5, 5.41) is 2.68. The van der Waals surface area contributed by atoms with Crippen LogP contribution in [0.25, 0.3) is 0 Å². The van der Waals surface area contributed by atoms with Gasteiger partial charge in [0.15, 0.2) is 6.10 Å². The highest BCUT2D eigenvalue weighted by atomic mass is 19.1. The van der Waals surface area contributed by atoms with Gasteiger partial charge in [-0.05, 0) is 42.8 Å². The van der Waals surface area contributed by atoms with Crippen molar-refractivity contribution in [2.24, 2.45) is 0 Å². The van der Waals surface area contributed by atoms with E-state index < -0.39 is 17.8 Å². The van der Waals surface area contributed by atoms with Gasteiger partial charge in [0.05, 0.1) is 5.56 Å². The lowest BCUT2D eigenvalue weighted by molar-refractivity contribution is -0.139. The number of halogens is 2. The third-order valence-corrected chi connectivity index (χ3v) is 5.34. The number of ether oxygens (including phenoxy) is 1. The molecule has 1 aliphatic rings. The first-order valence-corrected chi connectivity index (χ1v) is 10.3. The first kappa shape index (κ1) is 21.5. The standard InChI is InChI=1S/C25H22F2N2O3/c1-2-22-25(31)29(14-16-7-3-5-9-20(16)26)15-17-13-18(11-12-23(17)32-22)28-24(30)19-8-4-6-10-21(19)27/h3-13,22H,2,14-15H2,1H3,(H,28,30). The van der Waals surface area contributed by atoms with Crippen molar-refractivity contribution < 1.29 is 23.1 Å². The Morgan fingerprint density at radius 1 is 1.06 bits per heavy atom. The molecule has 0 aliphatic carbocycles. The molecule has 7 heteroatoms. The number of nitrogens with one attached hydrogen (secondary N) is 1. The van der Waals surface area contributed by atoms with Crippen LogP contribution in [0.3, 0.4) is 0 Å². The molecule has 0 spiro atoms. The van der Waals surface area contributed by atoms with E-state index in [2.05, 4.69) is 5.32 Å². The summed E-state index contributed by atoms with van der Waals surface area (Å²) in [6.45, 7) is 2.12. The molecule has 0 saturated heterocycles. The summed E-state index contributed by atoms with van der Waals surface area (Å²) >= 11 is 0. The molecule has 1 unspecified atom stereocenters. The molecule has 0 aromatic heterocycles. The van der Waals surface area contributed by atoms with Crippen molar-refractivity contribution in [2.45, 2.75) is 32.5 Å². The largest absolute Gasteiger partial charge is 0.480 e. The average Bonchev–Trinajstić information content (AvgIpc) is 2.91. The Bertz CT molecular complexity index is 1170. The molecule has 5 nitrogen and oxygen atoms in total. The van der Waals surface area contributed by atoms with Gasteiger partial charge in [0.25, 0.3) is 11.8 Å². The van der Waals surface area contributed by atoms with Crippen molar-refractivity contribution in [3.63, 3.8) is 0 Å². The van der Waals surface area contributed by atoms with Crippen molar-refractivity contribution in [3.05, 3.63) is 95.1 Å². The van der Waals surface area contributed by atoms with Crippen LogP contribution in [0.4, 0.5) is 14.5 Å². The molecule has 1 heterocycles. The fraction of sp³-hybridized carbons (Fsp3) is 0.200. The van der Waals surface area contributed by atoms with Crippen LogP contribution in [0.5, 0.6) is 5.75 Å². The molecule has 3 aromatic rings. The van der Waals surface area contributed by atoms with Crippen molar-refractivity contribution in [3.8, 4) is 5.75 Å². The minimum absolute atomic E-state index is 0.0684.